The molecule has 2 N–H and O–H groups in total. The van der Waals surface area contributed by atoms with E-state index in [1.165, 1.54) is 0 Å². The van der Waals surface area contributed by atoms with Crippen molar-refractivity contribution in [1.82, 2.24) is 4.90 Å². The van der Waals surface area contributed by atoms with Crippen LogP contribution in [0.25, 0.3) is 0 Å². The summed E-state index contributed by atoms with van der Waals surface area (Å²) in [7, 11) is 1.69. The number of aryl methyl sites for hydroxylation is 1. The fourth-order valence-corrected chi connectivity index (χ4v) is 3.30. The van der Waals surface area contributed by atoms with Gasteiger partial charge in [-0.25, -0.2) is 0 Å². The zero-order valence-electron chi connectivity index (χ0n) is 16.4. The summed E-state index contributed by atoms with van der Waals surface area (Å²) in [4.78, 5) is 27.2. The van der Waals surface area contributed by atoms with E-state index >= 15 is 0 Å². The van der Waals surface area contributed by atoms with Gasteiger partial charge in [0.2, 0.25) is 5.91 Å². The average molecular weight is 381 g/mol. The number of amides is 2. The van der Waals surface area contributed by atoms with Crippen molar-refractivity contribution in [3.05, 3.63) is 59.7 Å². The first-order valence-corrected chi connectivity index (χ1v) is 9.55. The molecule has 28 heavy (non-hydrogen) atoms. The predicted molar refractivity (Wildman–Crippen MR) is 111 cm³/mol. The van der Waals surface area contributed by atoms with Crippen LogP contribution in [0.1, 0.15) is 22.3 Å². The molecule has 0 saturated carbocycles. The van der Waals surface area contributed by atoms with Crippen LogP contribution in [0.4, 0.5) is 11.4 Å². The van der Waals surface area contributed by atoms with E-state index in [0.29, 0.717) is 23.5 Å². The van der Waals surface area contributed by atoms with Crippen LogP contribution in [0.15, 0.2) is 48.5 Å². The van der Waals surface area contributed by atoms with Gasteiger partial charge in [-0.05, 0) is 50.2 Å². The highest BCUT2D eigenvalue weighted by molar-refractivity contribution is 6.04. The number of ether oxygens (including phenoxy) is 1. The normalized spacial score (nSPS) is 16.7. The summed E-state index contributed by atoms with van der Waals surface area (Å²) in [5.74, 6) is -0.183. The molecule has 0 aliphatic carbocycles. The molecule has 6 heteroatoms. The molecular formula is C22H27N3O3. The molecule has 148 valence electrons. The molecule has 0 aromatic heterocycles. The lowest BCUT2D eigenvalue weighted by Crippen LogP contribution is -2.29. The van der Waals surface area contributed by atoms with E-state index in [4.69, 9.17) is 4.74 Å². The minimum atomic E-state index is -0.173. The molecule has 2 aromatic carbocycles. The standard InChI is InChI=1S/C22H27N3O3/c1-16-6-8-17(9-7-16)21(26)23-19-4-3-5-20(14-19)24-22(27)18-10-11-25(15-18)12-13-28-2/h3-9,14,18H,10-13,15H2,1-2H3,(H,23,26)(H,24,27). The molecule has 1 fully saturated rings. The number of hydrogen-bond acceptors (Lipinski definition) is 4. The predicted octanol–water partition coefficient (Wildman–Crippen LogP) is 3.15. The number of rotatable bonds is 7. The maximum Gasteiger partial charge on any atom is 0.255 e. The van der Waals surface area contributed by atoms with Gasteiger partial charge in [-0.15, -0.1) is 0 Å². The van der Waals surface area contributed by atoms with Gasteiger partial charge in [-0.1, -0.05) is 23.8 Å². The van der Waals surface area contributed by atoms with E-state index in [-0.39, 0.29) is 17.7 Å². The van der Waals surface area contributed by atoms with Crippen molar-refractivity contribution >= 4 is 23.2 Å². The highest BCUT2D eigenvalue weighted by atomic mass is 16.5. The van der Waals surface area contributed by atoms with E-state index < -0.39 is 0 Å². The monoisotopic (exact) mass is 381 g/mol. The number of likely N-dealkylation sites (tertiary alicyclic amines) is 1. The third-order valence-electron chi connectivity index (χ3n) is 4.96. The minimum absolute atomic E-state index is 0.0157. The number of nitrogens with zero attached hydrogens (tertiary/aromatic N) is 1. The van der Waals surface area contributed by atoms with Gasteiger partial charge in [0.15, 0.2) is 0 Å². The summed E-state index contributed by atoms with van der Waals surface area (Å²) in [5.41, 5.74) is 3.04. The molecule has 1 unspecified atom stereocenters. The number of benzene rings is 2. The first-order valence-electron chi connectivity index (χ1n) is 9.55. The Morgan fingerprint density at radius 2 is 1.82 bits per heavy atom. The average Bonchev–Trinajstić information content (AvgIpc) is 3.16. The Kier molecular flexibility index (Phi) is 6.79. The number of carbonyl (C=O) groups is 2. The quantitative estimate of drug-likeness (QED) is 0.773. The zero-order chi connectivity index (χ0) is 19.9. The van der Waals surface area contributed by atoms with Crippen molar-refractivity contribution in [1.29, 1.82) is 0 Å². The van der Waals surface area contributed by atoms with Crippen molar-refractivity contribution < 1.29 is 14.3 Å². The van der Waals surface area contributed by atoms with Crippen molar-refractivity contribution in [2.75, 3.05) is 44.0 Å². The van der Waals surface area contributed by atoms with Crippen LogP contribution in [-0.2, 0) is 9.53 Å². The van der Waals surface area contributed by atoms with Gasteiger partial charge in [0.05, 0.1) is 12.5 Å². The second-order valence-electron chi connectivity index (χ2n) is 7.17. The molecule has 1 saturated heterocycles. The van der Waals surface area contributed by atoms with E-state index in [1.807, 2.05) is 37.3 Å². The van der Waals surface area contributed by atoms with Crippen LogP contribution in [0, 0.1) is 12.8 Å². The van der Waals surface area contributed by atoms with Crippen molar-refractivity contribution in [3.63, 3.8) is 0 Å². The molecule has 0 spiro atoms. The van der Waals surface area contributed by atoms with Gasteiger partial charge in [-0.2, -0.15) is 0 Å². The minimum Gasteiger partial charge on any atom is -0.383 e. The Morgan fingerprint density at radius 3 is 2.54 bits per heavy atom. The molecular weight excluding hydrogens is 354 g/mol. The van der Waals surface area contributed by atoms with Gasteiger partial charge < -0.3 is 20.3 Å². The van der Waals surface area contributed by atoms with Gasteiger partial charge in [0, 0.05) is 37.1 Å². The van der Waals surface area contributed by atoms with Gasteiger partial charge in [-0.3, -0.25) is 9.59 Å². The van der Waals surface area contributed by atoms with E-state index in [2.05, 4.69) is 15.5 Å². The molecule has 2 amide bonds. The molecule has 1 heterocycles. The van der Waals surface area contributed by atoms with Crippen molar-refractivity contribution in [2.24, 2.45) is 5.92 Å². The van der Waals surface area contributed by atoms with Crippen molar-refractivity contribution in [3.8, 4) is 0 Å². The third-order valence-corrected chi connectivity index (χ3v) is 4.96. The SMILES string of the molecule is COCCN1CCC(C(=O)Nc2cccc(NC(=O)c3ccc(C)cc3)c2)C1. The number of hydrogen-bond donors (Lipinski definition) is 2. The molecule has 3 rings (SSSR count). The summed E-state index contributed by atoms with van der Waals surface area (Å²) in [6.45, 7) is 5.17. The number of carbonyl (C=O) groups excluding carboxylic acids is 2. The Hall–Kier alpha value is -2.70. The molecule has 2 aromatic rings. The topological polar surface area (TPSA) is 70.7 Å². The Bertz CT molecular complexity index is 820. The maximum absolute atomic E-state index is 12.6. The summed E-state index contributed by atoms with van der Waals surface area (Å²) in [5, 5.41) is 5.85. The van der Waals surface area contributed by atoms with Gasteiger partial charge >= 0.3 is 0 Å². The Morgan fingerprint density at radius 1 is 1.11 bits per heavy atom. The molecule has 1 aliphatic heterocycles. The zero-order valence-corrected chi connectivity index (χ0v) is 16.4. The van der Waals surface area contributed by atoms with Gasteiger partial charge in [0.25, 0.3) is 5.91 Å². The Balaban J connectivity index is 1.56. The summed E-state index contributed by atoms with van der Waals surface area (Å²) in [6.07, 6.45) is 0.847. The number of methoxy groups -OCH3 is 1. The van der Waals surface area contributed by atoms with E-state index in [9.17, 15) is 9.59 Å². The molecule has 1 aliphatic rings. The smallest absolute Gasteiger partial charge is 0.255 e. The number of nitrogens with one attached hydrogen (secondary N) is 2. The fourth-order valence-electron chi connectivity index (χ4n) is 3.30. The van der Waals surface area contributed by atoms with Crippen LogP contribution < -0.4 is 10.6 Å². The highest BCUT2D eigenvalue weighted by Gasteiger charge is 2.28. The van der Waals surface area contributed by atoms with E-state index in [1.54, 1.807) is 25.3 Å². The second-order valence-corrected chi connectivity index (χ2v) is 7.17. The molecule has 1 atom stereocenters. The first-order chi connectivity index (χ1) is 13.5. The summed E-state index contributed by atoms with van der Waals surface area (Å²) < 4.78 is 5.10. The lowest BCUT2D eigenvalue weighted by molar-refractivity contribution is -0.119. The second kappa shape index (κ2) is 9.48. The molecule has 0 bridgehead atoms. The van der Waals surface area contributed by atoms with Crippen LogP contribution in [0.3, 0.4) is 0 Å². The largest absolute Gasteiger partial charge is 0.383 e. The maximum atomic E-state index is 12.6. The van der Waals surface area contributed by atoms with Crippen molar-refractivity contribution in [2.45, 2.75) is 13.3 Å². The molecule has 6 nitrogen and oxygen atoms in total. The summed E-state index contributed by atoms with van der Waals surface area (Å²) in [6, 6.07) is 14.6. The molecule has 0 radical (unpaired) electrons. The first kappa shape index (κ1) is 20.0. The van der Waals surface area contributed by atoms with Gasteiger partial charge in [0.1, 0.15) is 0 Å². The fraction of sp³-hybridized carbons (Fsp3) is 0.364. The third kappa shape index (κ3) is 5.41. The summed E-state index contributed by atoms with van der Waals surface area (Å²) >= 11 is 0. The van der Waals surface area contributed by atoms with Crippen LogP contribution in [0.2, 0.25) is 0 Å². The Labute approximate surface area is 165 Å². The van der Waals surface area contributed by atoms with Crippen LogP contribution in [-0.4, -0.2) is 50.1 Å². The lowest BCUT2D eigenvalue weighted by Gasteiger charge is -2.15. The lowest BCUT2D eigenvalue weighted by atomic mass is 10.1. The number of anilines is 2. The highest BCUT2D eigenvalue weighted by Crippen LogP contribution is 2.21. The van der Waals surface area contributed by atoms with Crippen LogP contribution in [0.5, 0.6) is 0 Å². The van der Waals surface area contributed by atoms with Crippen LogP contribution >= 0.6 is 0 Å². The van der Waals surface area contributed by atoms with E-state index in [0.717, 1.165) is 31.6 Å².